The summed E-state index contributed by atoms with van der Waals surface area (Å²) in [6.07, 6.45) is 1.54. The molecule has 1 unspecified atom stereocenters. The third-order valence-corrected chi connectivity index (χ3v) is 3.06. The van der Waals surface area contributed by atoms with E-state index in [9.17, 15) is 9.18 Å². The third-order valence-electron chi connectivity index (χ3n) is 3.06. The Morgan fingerprint density at radius 3 is 3.05 bits per heavy atom. The minimum absolute atomic E-state index is 0.214. The monoisotopic (exact) mass is 292 g/mol. The van der Waals surface area contributed by atoms with Crippen molar-refractivity contribution in [3.05, 3.63) is 47.5 Å². The van der Waals surface area contributed by atoms with Gasteiger partial charge in [-0.15, -0.1) is 5.10 Å². The van der Waals surface area contributed by atoms with Crippen LogP contribution in [0.2, 0.25) is 0 Å². The van der Waals surface area contributed by atoms with Crippen LogP contribution in [0.25, 0.3) is 0 Å². The number of ether oxygens (including phenoxy) is 1. The van der Waals surface area contributed by atoms with Crippen LogP contribution in [0.1, 0.15) is 29.0 Å². The highest BCUT2D eigenvalue weighted by molar-refractivity contribution is 5.91. The maximum Gasteiger partial charge on any atom is 0.273 e. The number of methoxy groups -OCH3 is 1. The Bertz CT molecular complexity index is 615. The van der Waals surface area contributed by atoms with Gasteiger partial charge < -0.3 is 10.1 Å². The molecular weight excluding hydrogens is 275 g/mol. The van der Waals surface area contributed by atoms with E-state index in [0.29, 0.717) is 13.2 Å². The molecule has 0 radical (unpaired) electrons. The Kier molecular flexibility index (Phi) is 4.99. The first-order valence-corrected chi connectivity index (χ1v) is 6.56. The first-order chi connectivity index (χ1) is 10.1. The van der Waals surface area contributed by atoms with Crippen LogP contribution in [0.3, 0.4) is 0 Å². The highest BCUT2D eigenvalue weighted by Gasteiger charge is 2.14. The van der Waals surface area contributed by atoms with Crippen molar-refractivity contribution in [3.63, 3.8) is 0 Å². The number of halogens is 1. The van der Waals surface area contributed by atoms with Crippen molar-refractivity contribution in [1.82, 2.24) is 20.3 Å². The molecule has 7 heteroatoms. The van der Waals surface area contributed by atoms with Gasteiger partial charge in [-0.25, -0.2) is 9.07 Å². The Morgan fingerprint density at radius 2 is 2.33 bits per heavy atom. The highest BCUT2D eigenvalue weighted by Crippen LogP contribution is 2.17. The number of hydrogen-bond donors (Lipinski definition) is 1. The molecular formula is C14H17FN4O2. The van der Waals surface area contributed by atoms with Gasteiger partial charge in [0, 0.05) is 13.7 Å². The summed E-state index contributed by atoms with van der Waals surface area (Å²) in [4.78, 5) is 11.8. The maximum absolute atomic E-state index is 13.2. The molecule has 1 atom stereocenters. The van der Waals surface area contributed by atoms with Crippen LogP contribution in [0.5, 0.6) is 0 Å². The molecule has 0 fully saturated rings. The van der Waals surface area contributed by atoms with Crippen molar-refractivity contribution in [1.29, 1.82) is 0 Å². The lowest BCUT2D eigenvalue weighted by Gasteiger charge is -2.11. The van der Waals surface area contributed by atoms with E-state index in [1.165, 1.54) is 23.0 Å². The predicted octanol–water partition coefficient (Wildman–Crippen LogP) is 1.40. The Labute approximate surface area is 121 Å². The highest BCUT2D eigenvalue weighted by atomic mass is 19.1. The van der Waals surface area contributed by atoms with Crippen LogP contribution < -0.4 is 5.32 Å². The van der Waals surface area contributed by atoms with Gasteiger partial charge in [-0.1, -0.05) is 17.3 Å². The molecule has 0 aliphatic carbocycles. The molecule has 2 rings (SSSR count). The van der Waals surface area contributed by atoms with Crippen molar-refractivity contribution >= 4 is 5.91 Å². The molecule has 21 heavy (non-hydrogen) atoms. The smallest absolute Gasteiger partial charge is 0.273 e. The molecule has 1 amide bonds. The van der Waals surface area contributed by atoms with Crippen LogP contribution in [0, 0.1) is 5.82 Å². The number of nitrogens with zero attached hydrogens (tertiary/aromatic N) is 3. The summed E-state index contributed by atoms with van der Waals surface area (Å²) in [7, 11) is 1.56. The molecule has 0 bridgehead atoms. The van der Waals surface area contributed by atoms with Gasteiger partial charge in [-0.3, -0.25) is 4.79 Å². The zero-order valence-electron chi connectivity index (χ0n) is 11.9. The van der Waals surface area contributed by atoms with E-state index in [4.69, 9.17) is 4.74 Å². The molecule has 1 aromatic carbocycles. The van der Waals surface area contributed by atoms with Crippen LogP contribution in [0.15, 0.2) is 30.5 Å². The van der Waals surface area contributed by atoms with E-state index in [-0.39, 0.29) is 23.5 Å². The van der Waals surface area contributed by atoms with Crippen LogP contribution in [-0.4, -0.2) is 41.2 Å². The SMILES string of the molecule is COCCNC(=O)c1cn(C(C)c2cccc(F)c2)nn1. The Hall–Kier alpha value is -2.28. The van der Waals surface area contributed by atoms with Crippen molar-refractivity contribution < 1.29 is 13.9 Å². The summed E-state index contributed by atoms with van der Waals surface area (Å²) in [5.41, 5.74) is 0.973. The fourth-order valence-corrected chi connectivity index (χ4v) is 1.85. The second-order valence-electron chi connectivity index (χ2n) is 4.56. The normalized spacial score (nSPS) is 12.1. The number of rotatable bonds is 6. The summed E-state index contributed by atoms with van der Waals surface area (Å²) in [5, 5.41) is 10.4. The van der Waals surface area contributed by atoms with Crippen LogP contribution >= 0.6 is 0 Å². The predicted molar refractivity (Wildman–Crippen MR) is 74.4 cm³/mol. The first kappa shape index (κ1) is 15.1. The van der Waals surface area contributed by atoms with E-state index in [0.717, 1.165) is 5.56 Å². The Morgan fingerprint density at radius 1 is 1.52 bits per heavy atom. The second-order valence-corrected chi connectivity index (χ2v) is 4.56. The van der Waals surface area contributed by atoms with Crippen molar-refractivity contribution in [2.24, 2.45) is 0 Å². The van der Waals surface area contributed by atoms with Gasteiger partial charge in [0.05, 0.1) is 18.8 Å². The van der Waals surface area contributed by atoms with Crippen molar-refractivity contribution in [3.8, 4) is 0 Å². The topological polar surface area (TPSA) is 69.0 Å². The molecule has 0 spiro atoms. The van der Waals surface area contributed by atoms with Crippen LogP contribution in [0.4, 0.5) is 4.39 Å². The largest absolute Gasteiger partial charge is 0.383 e. The molecule has 0 aliphatic heterocycles. The molecule has 0 saturated heterocycles. The van der Waals surface area contributed by atoms with E-state index < -0.39 is 0 Å². The lowest BCUT2D eigenvalue weighted by atomic mass is 10.1. The minimum atomic E-state index is -0.315. The zero-order chi connectivity index (χ0) is 15.2. The van der Waals surface area contributed by atoms with Gasteiger partial charge in [0.1, 0.15) is 5.82 Å². The summed E-state index contributed by atoms with van der Waals surface area (Å²) in [6, 6.07) is 6.04. The van der Waals surface area contributed by atoms with Gasteiger partial charge in [-0.05, 0) is 24.6 Å². The van der Waals surface area contributed by atoms with E-state index in [1.807, 2.05) is 6.92 Å². The first-order valence-electron chi connectivity index (χ1n) is 6.56. The Balaban J connectivity index is 2.07. The number of carbonyl (C=O) groups excluding carboxylic acids is 1. The number of nitrogens with one attached hydrogen (secondary N) is 1. The molecule has 2 aromatic rings. The number of hydrogen-bond acceptors (Lipinski definition) is 4. The average Bonchev–Trinajstić information content (AvgIpc) is 2.96. The van der Waals surface area contributed by atoms with Gasteiger partial charge in [0.25, 0.3) is 5.91 Å². The molecule has 1 N–H and O–H groups in total. The quantitative estimate of drug-likeness (QED) is 0.817. The zero-order valence-corrected chi connectivity index (χ0v) is 11.9. The van der Waals surface area contributed by atoms with Crippen molar-refractivity contribution in [2.45, 2.75) is 13.0 Å². The van der Waals surface area contributed by atoms with Crippen LogP contribution in [-0.2, 0) is 4.74 Å². The van der Waals surface area contributed by atoms with Gasteiger partial charge in [0.15, 0.2) is 5.69 Å². The maximum atomic E-state index is 13.2. The number of aromatic nitrogens is 3. The summed E-state index contributed by atoms with van der Waals surface area (Å²) in [5.74, 6) is -0.623. The van der Waals surface area contributed by atoms with Gasteiger partial charge in [-0.2, -0.15) is 0 Å². The van der Waals surface area contributed by atoms with E-state index in [1.54, 1.807) is 19.2 Å². The fourth-order valence-electron chi connectivity index (χ4n) is 1.85. The van der Waals surface area contributed by atoms with E-state index in [2.05, 4.69) is 15.6 Å². The molecule has 112 valence electrons. The van der Waals surface area contributed by atoms with Gasteiger partial charge >= 0.3 is 0 Å². The lowest BCUT2D eigenvalue weighted by Crippen LogP contribution is -2.27. The molecule has 6 nitrogen and oxygen atoms in total. The number of benzene rings is 1. The number of carbonyl (C=O) groups is 1. The summed E-state index contributed by atoms with van der Waals surface area (Å²) >= 11 is 0. The second kappa shape index (κ2) is 6.94. The van der Waals surface area contributed by atoms with E-state index >= 15 is 0 Å². The van der Waals surface area contributed by atoms with Crippen molar-refractivity contribution in [2.75, 3.05) is 20.3 Å². The molecule has 0 aliphatic rings. The lowest BCUT2D eigenvalue weighted by molar-refractivity contribution is 0.0932. The standard InChI is InChI=1S/C14H17FN4O2/c1-10(11-4-3-5-12(15)8-11)19-9-13(17-18-19)14(20)16-6-7-21-2/h3-5,8-10H,6-7H2,1-2H3,(H,16,20). The number of amides is 1. The fraction of sp³-hybridized carbons (Fsp3) is 0.357. The minimum Gasteiger partial charge on any atom is -0.383 e. The summed E-state index contributed by atoms with van der Waals surface area (Å²) < 4.78 is 19.6. The molecule has 0 saturated carbocycles. The van der Waals surface area contributed by atoms with Gasteiger partial charge in [0.2, 0.25) is 0 Å². The molecule has 1 aromatic heterocycles. The third kappa shape index (κ3) is 3.85. The summed E-state index contributed by atoms with van der Waals surface area (Å²) in [6.45, 7) is 2.69. The average molecular weight is 292 g/mol. The molecule has 1 heterocycles.